The van der Waals surface area contributed by atoms with Crippen LogP contribution in [0.2, 0.25) is 5.02 Å². The van der Waals surface area contributed by atoms with Crippen molar-refractivity contribution in [3.63, 3.8) is 0 Å². The second-order valence-electron chi connectivity index (χ2n) is 10.5. The van der Waals surface area contributed by atoms with E-state index in [0.717, 1.165) is 53.9 Å². The molecule has 0 aliphatic rings. The number of fused-ring (bicyclic) bond motifs is 2. The van der Waals surface area contributed by atoms with Gasteiger partial charge in [-0.25, -0.2) is 9.78 Å². The molecule has 5 aromatic rings. The van der Waals surface area contributed by atoms with Crippen molar-refractivity contribution in [1.29, 1.82) is 0 Å². The fraction of sp³-hybridized carbons (Fsp3) is 0.300. The summed E-state index contributed by atoms with van der Waals surface area (Å²) in [4.78, 5) is 18.4. The third kappa shape index (κ3) is 5.24. The second-order valence-corrected chi connectivity index (χ2v) is 11.9. The molecule has 2 N–H and O–H groups in total. The van der Waals surface area contributed by atoms with Crippen molar-refractivity contribution in [2.24, 2.45) is 7.05 Å². The highest BCUT2D eigenvalue weighted by atomic mass is 35.5. The molecule has 0 saturated carbocycles. The lowest BCUT2D eigenvalue weighted by Crippen LogP contribution is -2.29. The number of ether oxygens (including phenoxy) is 2. The van der Waals surface area contributed by atoms with E-state index in [1.165, 1.54) is 0 Å². The van der Waals surface area contributed by atoms with Gasteiger partial charge in [0.2, 0.25) is 0 Å². The molecule has 202 valence electrons. The van der Waals surface area contributed by atoms with E-state index < -0.39 is 17.7 Å². The van der Waals surface area contributed by atoms with E-state index >= 15 is 0 Å². The zero-order valence-electron chi connectivity index (χ0n) is 22.8. The Morgan fingerprint density at radius 2 is 1.82 bits per heavy atom. The molecule has 0 bridgehead atoms. The van der Waals surface area contributed by atoms with E-state index in [1.54, 1.807) is 22.9 Å². The standard InChI is InChI=1S/C30H31ClN4O3S/c1-7-37-29(36)25(38-30(3,4)5)23-16(2)14-21-26(24(23)17-8-11-19(31)12-9-17)39-28(33-21)18-10-13-20-22(15-18)35(6)34-27(20)32/h8-15,25H,7H2,1-6H3,(H2,32,34). The molecule has 0 amide bonds. The van der Waals surface area contributed by atoms with Gasteiger partial charge >= 0.3 is 5.97 Å². The van der Waals surface area contributed by atoms with Gasteiger partial charge in [0, 0.05) is 34.1 Å². The summed E-state index contributed by atoms with van der Waals surface area (Å²) in [6.07, 6.45) is -0.917. The molecular formula is C30H31ClN4O3S. The Hall–Kier alpha value is -3.46. The summed E-state index contributed by atoms with van der Waals surface area (Å²) in [6, 6.07) is 15.7. The number of nitrogens with two attached hydrogens (primary N) is 1. The number of aromatic nitrogens is 3. The van der Waals surface area contributed by atoms with Crippen LogP contribution in [0.15, 0.2) is 48.5 Å². The van der Waals surface area contributed by atoms with E-state index in [9.17, 15) is 4.79 Å². The van der Waals surface area contributed by atoms with Crippen LogP contribution in [0.3, 0.4) is 0 Å². The first-order valence-electron chi connectivity index (χ1n) is 12.7. The van der Waals surface area contributed by atoms with Gasteiger partial charge < -0.3 is 15.2 Å². The fourth-order valence-corrected chi connectivity index (χ4v) is 6.04. The topological polar surface area (TPSA) is 92.3 Å². The summed E-state index contributed by atoms with van der Waals surface area (Å²) < 4.78 is 14.6. The lowest BCUT2D eigenvalue weighted by molar-refractivity contribution is -0.166. The number of carbonyl (C=O) groups excluding carboxylic acids is 1. The van der Waals surface area contributed by atoms with Crippen LogP contribution in [0.25, 0.3) is 42.8 Å². The molecule has 0 radical (unpaired) electrons. The van der Waals surface area contributed by atoms with Crippen molar-refractivity contribution in [3.8, 4) is 21.7 Å². The Labute approximate surface area is 236 Å². The minimum Gasteiger partial charge on any atom is -0.464 e. The first-order valence-corrected chi connectivity index (χ1v) is 13.9. The molecule has 9 heteroatoms. The normalized spacial score (nSPS) is 12.8. The molecule has 0 spiro atoms. The monoisotopic (exact) mass is 562 g/mol. The molecule has 39 heavy (non-hydrogen) atoms. The lowest BCUT2D eigenvalue weighted by Gasteiger charge is -2.29. The number of anilines is 1. The quantitative estimate of drug-likeness (QED) is 0.216. The van der Waals surface area contributed by atoms with Gasteiger partial charge in [0.15, 0.2) is 11.9 Å². The van der Waals surface area contributed by atoms with Crippen LogP contribution in [-0.2, 0) is 21.3 Å². The van der Waals surface area contributed by atoms with Gasteiger partial charge in [-0.2, -0.15) is 5.10 Å². The van der Waals surface area contributed by atoms with Crippen molar-refractivity contribution in [2.45, 2.75) is 46.3 Å². The van der Waals surface area contributed by atoms with Crippen LogP contribution in [0.5, 0.6) is 0 Å². The van der Waals surface area contributed by atoms with Crippen molar-refractivity contribution >= 4 is 55.8 Å². The number of esters is 1. The van der Waals surface area contributed by atoms with Crippen molar-refractivity contribution in [3.05, 3.63) is 64.7 Å². The van der Waals surface area contributed by atoms with Crippen LogP contribution in [0.1, 0.15) is 44.9 Å². The zero-order valence-corrected chi connectivity index (χ0v) is 24.4. The van der Waals surface area contributed by atoms with E-state index in [1.807, 2.05) is 77.2 Å². The number of nitrogens with zero attached hydrogens (tertiary/aromatic N) is 3. The van der Waals surface area contributed by atoms with Crippen LogP contribution in [0, 0.1) is 6.92 Å². The number of thiazole rings is 1. The Morgan fingerprint density at radius 3 is 2.49 bits per heavy atom. The number of hydrogen-bond donors (Lipinski definition) is 1. The summed E-state index contributed by atoms with van der Waals surface area (Å²) in [5, 5.41) is 6.72. The molecule has 0 aliphatic carbocycles. The maximum atomic E-state index is 13.3. The summed E-state index contributed by atoms with van der Waals surface area (Å²) in [7, 11) is 1.87. The molecule has 0 saturated heterocycles. The second kappa shape index (κ2) is 10.3. The minimum absolute atomic E-state index is 0.256. The van der Waals surface area contributed by atoms with Crippen LogP contribution >= 0.6 is 22.9 Å². The number of carbonyl (C=O) groups is 1. The third-order valence-corrected chi connectivity index (χ3v) is 7.81. The summed E-state index contributed by atoms with van der Waals surface area (Å²) in [6.45, 7) is 9.83. The number of aryl methyl sites for hydroxylation is 2. The number of halogens is 1. The number of nitrogen functional groups attached to an aromatic ring is 1. The van der Waals surface area contributed by atoms with Gasteiger partial charge in [-0.15, -0.1) is 11.3 Å². The number of benzene rings is 3. The highest BCUT2D eigenvalue weighted by molar-refractivity contribution is 7.22. The number of rotatable bonds is 6. The van der Waals surface area contributed by atoms with E-state index in [4.69, 9.17) is 31.8 Å². The SMILES string of the molecule is CCOC(=O)C(OC(C)(C)C)c1c(C)cc2nc(-c3ccc4c(N)nn(C)c4c3)sc2c1-c1ccc(Cl)cc1. The van der Waals surface area contributed by atoms with Gasteiger partial charge in [-0.05, 0) is 76.1 Å². The Morgan fingerprint density at radius 1 is 1.13 bits per heavy atom. The summed E-state index contributed by atoms with van der Waals surface area (Å²) >= 11 is 7.82. The molecule has 7 nitrogen and oxygen atoms in total. The van der Waals surface area contributed by atoms with E-state index in [2.05, 4.69) is 11.2 Å². The largest absolute Gasteiger partial charge is 0.464 e. The maximum absolute atomic E-state index is 13.3. The predicted molar refractivity (Wildman–Crippen MR) is 159 cm³/mol. The van der Waals surface area contributed by atoms with Gasteiger partial charge in [0.25, 0.3) is 0 Å². The van der Waals surface area contributed by atoms with Gasteiger partial charge in [0.05, 0.1) is 27.9 Å². The van der Waals surface area contributed by atoms with Crippen LogP contribution in [0.4, 0.5) is 5.82 Å². The molecule has 1 atom stereocenters. The van der Waals surface area contributed by atoms with E-state index in [-0.39, 0.29) is 6.61 Å². The van der Waals surface area contributed by atoms with Gasteiger partial charge in [-0.1, -0.05) is 29.8 Å². The smallest absolute Gasteiger partial charge is 0.339 e. The molecule has 5 rings (SSSR count). The lowest BCUT2D eigenvalue weighted by atomic mass is 9.91. The van der Waals surface area contributed by atoms with Gasteiger partial charge in [-0.3, -0.25) is 4.68 Å². The van der Waals surface area contributed by atoms with Crippen molar-refractivity contribution < 1.29 is 14.3 Å². The van der Waals surface area contributed by atoms with Crippen LogP contribution < -0.4 is 5.73 Å². The molecule has 0 fully saturated rings. The predicted octanol–water partition coefficient (Wildman–Crippen LogP) is 7.48. The molecule has 2 aromatic heterocycles. The average molecular weight is 563 g/mol. The highest BCUT2D eigenvalue weighted by Gasteiger charge is 2.33. The number of hydrogen-bond acceptors (Lipinski definition) is 7. The van der Waals surface area contributed by atoms with Crippen molar-refractivity contribution in [2.75, 3.05) is 12.3 Å². The first-order chi connectivity index (χ1) is 18.5. The maximum Gasteiger partial charge on any atom is 0.339 e. The summed E-state index contributed by atoms with van der Waals surface area (Å²) in [5.41, 5.74) is 11.7. The Kier molecular flexibility index (Phi) is 7.13. The highest BCUT2D eigenvalue weighted by Crippen LogP contribution is 2.45. The molecule has 1 unspecified atom stereocenters. The Balaban J connectivity index is 1.78. The fourth-order valence-electron chi connectivity index (χ4n) is 4.79. The molecule has 2 heterocycles. The van der Waals surface area contributed by atoms with E-state index in [0.29, 0.717) is 10.8 Å². The third-order valence-electron chi connectivity index (χ3n) is 6.42. The summed E-state index contributed by atoms with van der Waals surface area (Å²) in [5.74, 6) is 0.0755. The first kappa shape index (κ1) is 27.1. The van der Waals surface area contributed by atoms with Crippen molar-refractivity contribution in [1.82, 2.24) is 14.8 Å². The Bertz CT molecular complexity index is 1700. The average Bonchev–Trinajstić information content (AvgIpc) is 3.42. The molecular weight excluding hydrogens is 532 g/mol. The zero-order chi connectivity index (χ0) is 28.1. The van der Waals surface area contributed by atoms with Crippen LogP contribution in [-0.4, -0.2) is 32.9 Å². The molecule has 0 aliphatic heterocycles. The molecule has 3 aromatic carbocycles. The minimum atomic E-state index is -0.917. The van der Waals surface area contributed by atoms with Gasteiger partial charge in [0.1, 0.15) is 5.01 Å².